The summed E-state index contributed by atoms with van der Waals surface area (Å²) in [6, 6.07) is 14.4. The monoisotopic (exact) mass is 405 g/mol. The topological polar surface area (TPSA) is 61.7 Å². The van der Waals surface area contributed by atoms with Crippen molar-refractivity contribution in [1.82, 2.24) is 19.4 Å². The molecule has 0 atom stereocenters. The normalized spacial score (nSPS) is 14.2. The first-order chi connectivity index (χ1) is 14.4. The second kappa shape index (κ2) is 8.18. The van der Waals surface area contributed by atoms with Crippen molar-refractivity contribution >= 4 is 28.5 Å². The van der Waals surface area contributed by atoms with Gasteiger partial charge in [-0.2, -0.15) is 0 Å². The molecule has 1 aliphatic rings. The minimum atomic E-state index is 0.0753. The number of anilines is 1. The van der Waals surface area contributed by atoms with Gasteiger partial charge in [0.25, 0.3) is 0 Å². The Labute approximate surface area is 176 Å². The van der Waals surface area contributed by atoms with Crippen molar-refractivity contribution < 1.29 is 9.59 Å². The van der Waals surface area contributed by atoms with Gasteiger partial charge in [-0.05, 0) is 35.9 Å². The van der Waals surface area contributed by atoms with Crippen molar-refractivity contribution in [3.8, 4) is 5.69 Å². The van der Waals surface area contributed by atoms with Gasteiger partial charge in [0.15, 0.2) is 0 Å². The average molecular weight is 406 g/mol. The maximum Gasteiger partial charge on any atom is 0.226 e. The van der Waals surface area contributed by atoms with E-state index in [0.29, 0.717) is 6.42 Å². The average Bonchev–Trinajstić information content (AvgIpc) is 3.17. The molecule has 0 N–H and O–H groups in total. The molecule has 2 heterocycles. The first-order valence-electron chi connectivity index (χ1n) is 10.2. The number of likely N-dealkylation sites (N-methyl/N-ethyl adjacent to an activating group) is 1. The highest BCUT2D eigenvalue weighted by Crippen LogP contribution is 2.24. The number of hydrogen-bond acceptors (Lipinski definition) is 4. The van der Waals surface area contributed by atoms with Gasteiger partial charge in [-0.15, -0.1) is 0 Å². The third-order valence-electron chi connectivity index (χ3n) is 5.66. The van der Waals surface area contributed by atoms with E-state index in [2.05, 4.69) is 38.7 Å². The smallest absolute Gasteiger partial charge is 0.226 e. The van der Waals surface area contributed by atoms with Gasteiger partial charge in [-0.1, -0.05) is 12.1 Å². The quantitative estimate of drug-likeness (QED) is 0.668. The maximum atomic E-state index is 12.0. The van der Waals surface area contributed by atoms with Crippen LogP contribution in [0.25, 0.3) is 16.7 Å². The molecule has 0 aliphatic carbocycles. The number of carbonyl (C=O) groups is 2. The molecule has 1 aliphatic heterocycles. The van der Waals surface area contributed by atoms with Crippen molar-refractivity contribution in [2.24, 2.45) is 0 Å². The fourth-order valence-electron chi connectivity index (χ4n) is 3.83. The largest absolute Gasteiger partial charge is 0.368 e. The molecule has 2 aromatic carbocycles. The number of nitrogens with zero attached hydrogens (tertiary/aromatic N) is 5. The molecule has 0 radical (unpaired) electrons. The molecule has 1 fully saturated rings. The Morgan fingerprint density at radius 2 is 1.73 bits per heavy atom. The summed E-state index contributed by atoms with van der Waals surface area (Å²) in [6.07, 6.45) is 2.20. The summed E-state index contributed by atoms with van der Waals surface area (Å²) in [7, 11) is 3.53. The van der Waals surface area contributed by atoms with E-state index in [1.54, 1.807) is 25.9 Å². The van der Waals surface area contributed by atoms with E-state index in [0.717, 1.165) is 54.2 Å². The van der Waals surface area contributed by atoms with Gasteiger partial charge >= 0.3 is 0 Å². The Bertz CT molecular complexity index is 1080. The van der Waals surface area contributed by atoms with Crippen LogP contribution in [0.4, 0.5) is 5.69 Å². The lowest BCUT2D eigenvalue weighted by molar-refractivity contribution is -0.129. The van der Waals surface area contributed by atoms with Gasteiger partial charge in [-0.3, -0.25) is 14.2 Å². The van der Waals surface area contributed by atoms with Gasteiger partial charge < -0.3 is 14.7 Å². The number of rotatable bonds is 4. The van der Waals surface area contributed by atoms with Crippen LogP contribution < -0.4 is 4.90 Å². The minimum Gasteiger partial charge on any atom is -0.368 e. The van der Waals surface area contributed by atoms with E-state index < -0.39 is 0 Å². The highest BCUT2D eigenvalue weighted by atomic mass is 16.2. The third kappa shape index (κ3) is 4.01. The van der Waals surface area contributed by atoms with E-state index in [-0.39, 0.29) is 11.8 Å². The number of benzene rings is 2. The molecular weight excluding hydrogens is 378 g/mol. The van der Waals surface area contributed by atoms with Gasteiger partial charge in [0.1, 0.15) is 6.33 Å². The first kappa shape index (κ1) is 19.9. The SMILES string of the molecule is CC(=O)N1CCN(c2cccc(-n3cnc4cc(CC(=O)N(C)C)ccc43)c2)CC1. The summed E-state index contributed by atoms with van der Waals surface area (Å²) in [6.45, 7) is 4.79. The summed E-state index contributed by atoms with van der Waals surface area (Å²) in [5, 5.41) is 0. The molecule has 3 aromatic rings. The lowest BCUT2D eigenvalue weighted by atomic mass is 10.1. The number of aromatic nitrogens is 2. The van der Waals surface area contributed by atoms with Gasteiger partial charge in [0, 0.05) is 58.6 Å². The van der Waals surface area contributed by atoms with Crippen LogP contribution >= 0.6 is 0 Å². The van der Waals surface area contributed by atoms with Crippen LogP contribution in [0.3, 0.4) is 0 Å². The van der Waals surface area contributed by atoms with Crippen LogP contribution in [0, 0.1) is 0 Å². The number of imidazole rings is 1. The van der Waals surface area contributed by atoms with Crippen molar-refractivity contribution in [2.75, 3.05) is 45.2 Å². The van der Waals surface area contributed by atoms with Crippen LogP contribution in [-0.2, 0) is 16.0 Å². The number of hydrogen-bond donors (Lipinski definition) is 0. The van der Waals surface area contributed by atoms with Crippen LogP contribution in [0.1, 0.15) is 12.5 Å². The molecule has 7 heteroatoms. The predicted molar refractivity (Wildman–Crippen MR) is 118 cm³/mol. The second-order valence-electron chi connectivity index (χ2n) is 7.92. The van der Waals surface area contributed by atoms with E-state index in [1.165, 1.54) is 0 Å². The molecule has 30 heavy (non-hydrogen) atoms. The predicted octanol–water partition coefficient (Wildman–Crippen LogP) is 2.32. The van der Waals surface area contributed by atoms with Gasteiger partial charge in [0.05, 0.1) is 17.5 Å². The van der Waals surface area contributed by atoms with Crippen LogP contribution in [0.15, 0.2) is 48.8 Å². The summed E-state index contributed by atoms with van der Waals surface area (Å²) < 4.78 is 2.07. The Morgan fingerprint density at radius 1 is 1.00 bits per heavy atom. The number of piperazine rings is 1. The Hall–Kier alpha value is -3.35. The lowest BCUT2D eigenvalue weighted by Crippen LogP contribution is -2.48. The fourth-order valence-corrected chi connectivity index (χ4v) is 3.83. The van der Waals surface area contributed by atoms with Crippen molar-refractivity contribution in [1.29, 1.82) is 0 Å². The number of carbonyl (C=O) groups excluding carboxylic acids is 2. The van der Waals surface area contributed by atoms with Crippen molar-refractivity contribution in [3.63, 3.8) is 0 Å². The standard InChI is InChI=1S/C23H27N5O2/c1-17(29)26-9-11-27(12-10-26)19-5-4-6-20(15-19)28-16-24-21-13-18(7-8-22(21)28)14-23(30)25(2)3/h4-8,13,15-16H,9-12,14H2,1-3H3. The zero-order valence-corrected chi connectivity index (χ0v) is 17.7. The summed E-state index contributed by atoms with van der Waals surface area (Å²) in [5.74, 6) is 0.214. The molecule has 0 unspecified atom stereocenters. The fraction of sp³-hybridized carbons (Fsp3) is 0.348. The number of fused-ring (bicyclic) bond motifs is 1. The molecule has 4 rings (SSSR count). The minimum absolute atomic E-state index is 0.0753. The summed E-state index contributed by atoms with van der Waals surface area (Å²) >= 11 is 0. The molecule has 156 valence electrons. The summed E-state index contributed by atoms with van der Waals surface area (Å²) in [4.78, 5) is 33.9. The van der Waals surface area contributed by atoms with Crippen molar-refractivity contribution in [3.05, 3.63) is 54.4 Å². The molecule has 0 bridgehead atoms. The molecule has 0 spiro atoms. The van der Waals surface area contributed by atoms with Gasteiger partial charge in [0.2, 0.25) is 11.8 Å². The molecule has 7 nitrogen and oxygen atoms in total. The molecule has 2 amide bonds. The van der Waals surface area contributed by atoms with E-state index >= 15 is 0 Å². The lowest BCUT2D eigenvalue weighted by Gasteiger charge is -2.35. The molecule has 1 aromatic heterocycles. The molecular formula is C23H27N5O2. The Kier molecular flexibility index (Phi) is 5.44. The maximum absolute atomic E-state index is 12.0. The van der Waals surface area contributed by atoms with Gasteiger partial charge in [-0.25, -0.2) is 4.98 Å². The summed E-state index contributed by atoms with van der Waals surface area (Å²) in [5.41, 5.74) is 5.03. The third-order valence-corrected chi connectivity index (χ3v) is 5.66. The van der Waals surface area contributed by atoms with E-state index in [1.807, 2.05) is 29.4 Å². The highest BCUT2D eigenvalue weighted by molar-refractivity contribution is 5.82. The van der Waals surface area contributed by atoms with E-state index in [9.17, 15) is 9.59 Å². The van der Waals surface area contributed by atoms with Crippen LogP contribution in [0.2, 0.25) is 0 Å². The molecule has 1 saturated heterocycles. The zero-order chi connectivity index (χ0) is 21.3. The van der Waals surface area contributed by atoms with Crippen LogP contribution in [-0.4, -0.2) is 71.4 Å². The highest BCUT2D eigenvalue weighted by Gasteiger charge is 2.19. The van der Waals surface area contributed by atoms with E-state index in [4.69, 9.17) is 0 Å². The van der Waals surface area contributed by atoms with Crippen molar-refractivity contribution in [2.45, 2.75) is 13.3 Å². The van der Waals surface area contributed by atoms with Crippen LogP contribution in [0.5, 0.6) is 0 Å². The number of amides is 2. The molecule has 0 saturated carbocycles. The zero-order valence-electron chi connectivity index (χ0n) is 17.7. The Morgan fingerprint density at radius 3 is 2.43 bits per heavy atom. The second-order valence-corrected chi connectivity index (χ2v) is 7.92. The first-order valence-corrected chi connectivity index (χ1v) is 10.2. The Balaban J connectivity index is 1.56.